The summed E-state index contributed by atoms with van der Waals surface area (Å²) in [5.41, 5.74) is 1.41. The summed E-state index contributed by atoms with van der Waals surface area (Å²) >= 11 is 0. The zero-order valence-corrected chi connectivity index (χ0v) is 8.14. The van der Waals surface area contributed by atoms with Gasteiger partial charge in [-0.1, -0.05) is 0 Å². The highest BCUT2D eigenvalue weighted by Crippen LogP contribution is 2.16. The zero-order valence-electron chi connectivity index (χ0n) is 8.14. The zero-order chi connectivity index (χ0) is 10.7. The minimum Gasteiger partial charge on any atom is -0.417 e. The van der Waals surface area contributed by atoms with Gasteiger partial charge >= 0.3 is 0 Å². The predicted octanol–water partition coefficient (Wildman–Crippen LogP) is 0.793. The van der Waals surface area contributed by atoms with E-state index in [0.29, 0.717) is 17.5 Å². The smallest absolute Gasteiger partial charge is 0.240 e. The number of ether oxygens (including phenoxy) is 1. The van der Waals surface area contributed by atoms with Gasteiger partial charge in [0.25, 0.3) is 0 Å². The summed E-state index contributed by atoms with van der Waals surface area (Å²) in [6.45, 7) is 1.75. The van der Waals surface area contributed by atoms with Crippen LogP contribution in [0, 0.1) is 6.92 Å². The maximum Gasteiger partial charge on any atom is 0.240 e. The lowest BCUT2D eigenvalue weighted by Crippen LogP contribution is -1.94. The summed E-state index contributed by atoms with van der Waals surface area (Å²) in [7, 11) is 0. The number of aryl methyl sites for hydroxylation is 1. The van der Waals surface area contributed by atoms with Gasteiger partial charge in [0.05, 0.1) is 12.3 Å². The topological polar surface area (TPSA) is 83.9 Å². The molecule has 0 aromatic carbocycles. The Hall–Kier alpha value is -1.95. The van der Waals surface area contributed by atoms with Crippen LogP contribution in [0.5, 0.6) is 11.8 Å². The van der Waals surface area contributed by atoms with Gasteiger partial charge in [-0.2, -0.15) is 0 Å². The monoisotopic (exact) mass is 206 g/mol. The van der Waals surface area contributed by atoms with Crippen molar-refractivity contribution in [2.75, 3.05) is 0 Å². The highest BCUT2D eigenvalue weighted by molar-refractivity contribution is 5.20. The molecule has 0 unspecified atom stereocenters. The Morgan fingerprint density at radius 3 is 2.73 bits per heavy atom. The van der Waals surface area contributed by atoms with Crippen LogP contribution in [0.25, 0.3) is 0 Å². The molecule has 0 spiro atoms. The van der Waals surface area contributed by atoms with E-state index in [-0.39, 0.29) is 6.61 Å². The van der Waals surface area contributed by atoms with Crippen LogP contribution in [0.4, 0.5) is 0 Å². The number of aromatic amines is 1. The molecule has 0 fully saturated rings. The van der Waals surface area contributed by atoms with Gasteiger partial charge in [-0.05, 0) is 13.0 Å². The lowest BCUT2D eigenvalue weighted by atomic mass is 10.4. The summed E-state index contributed by atoms with van der Waals surface area (Å²) < 4.78 is 5.30. The van der Waals surface area contributed by atoms with Gasteiger partial charge in [0, 0.05) is 17.8 Å². The Morgan fingerprint density at radius 1 is 1.33 bits per heavy atom. The number of H-pyrrole nitrogens is 1. The van der Waals surface area contributed by atoms with Crippen molar-refractivity contribution in [3.8, 4) is 11.8 Å². The second-order valence-corrected chi connectivity index (χ2v) is 3.01. The van der Waals surface area contributed by atoms with Crippen molar-refractivity contribution in [2.45, 2.75) is 13.5 Å². The average Bonchev–Trinajstić information content (AvgIpc) is 2.65. The summed E-state index contributed by atoms with van der Waals surface area (Å²) in [5.74, 6) is 0.789. The SMILES string of the molecule is Cc1cc(Oc2ccc(CO)nn2)n[nH]1. The Kier molecular flexibility index (Phi) is 2.59. The van der Waals surface area contributed by atoms with Crippen LogP contribution in [0.1, 0.15) is 11.4 Å². The Balaban J connectivity index is 2.11. The molecule has 2 rings (SSSR count). The van der Waals surface area contributed by atoms with E-state index in [4.69, 9.17) is 9.84 Å². The number of nitrogens with zero attached hydrogens (tertiary/aromatic N) is 3. The molecule has 6 heteroatoms. The molecule has 0 aliphatic rings. The fourth-order valence-electron chi connectivity index (χ4n) is 1.04. The highest BCUT2D eigenvalue weighted by atomic mass is 16.5. The molecule has 0 saturated carbocycles. The van der Waals surface area contributed by atoms with E-state index in [0.717, 1.165) is 5.69 Å². The molecule has 15 heavy (non-hydrogen) atoms. The Morgan fingerprint density at radius 2 is 2.20 bits per heavy atom. The van der Waals surface area contributed by atoms with Gasteiger partial charge in [-0.15, -0.1) is 15.3 Å². The highest BCUT2D eigenvalue weighted by Gasteiger charge is 2.02. The van der Waals surface area contributed by atoms with E-state index in [9.17, 15) is 0 Å². The minimum atomic E-state index is -0.130. The summed E-state index contributed by atoms with van der Waals surface area (Å²) in [4.78, 5) is 0. The van der Waals surface area contributed by atoms with E-state index < -0.39 is 0 Å². The Bertz CT molecular complexity index is 438. The van der Waals surface area contributed by atoms with Crippen molar-refractivity contribution < 1.29 is 9.84 Å². The average molecular weight is 206 g/mol. The van der Waals surface area contributed by atoms with Gasteiger partial charge in [0.2, 0.25) is 11.8 Å². The first kappa shape index (κ1) is 9.60. The van der Waals surface area contributed by atoms with Crippen molar-refractivity contribution in [3.05, 3.63) is 29.6 Å². The normalized spacial score (nSPS) is 10.3. The molecule has 0 saturated heterocycles. The van der Waals surface area contributed by atoms with Gasteiger partial charge in [0.1, 0.15) is 0 Å². The van der Waals surface area contributed by atoms with E-state index in [2.05, 4.69) is 20.4 Å². The van der Waals surface area contributed by atoms with Gasteiger partial charge in [-0.25, -0.2) is 0 Å². The van der Waals surface area contributed by atoms with Crippen molar-refractivity contribution in [1.29, 1.82) is 0 Å². The minimum absolute atomic E-state index is 0.130. The van der Waals surface area contributed by atoms with Crippen LogP contribution >= 0.6 is 0 Å². The third-order valence-electron chi connectivity index (χ3n) is 1.75. The quantitative estimate of drug-likeness (QED) is 0.775. The number of nitrogens with one attached hydrogen (secondary N) is 1. The maximum absolute atomic E-state index is 8.76. The van der Waals surface area contributed by atoms with Crippen LogP contribution < -0.4 is 4.74 Å². The largest absolute Gasteiger partial charge is 0.417 e. The van der Waals surface area contributed by atoms with Gasteiger partial charge in [0.15, 0.2) is 0 Å². The third-order valence-corrected chi connectivity index (χ3v) is 1.75. The molecular formula is C9H10N4O2. The first-order chi connectivity index (χ1) is 7.28. The van der Waals surface area contributed by atoms with E-state index in [1.807, 2.05) is 6.92 Å². The number of hydrogen-bond acceptors (Lipinski definition) is 5. The molecule has 0 radical (unpaired) electrons. The van der Waals surface area contributed by atoms with Crippen LogP contribution in [-0.2, 0) is 6.61 Å². The molecule has 0 atom stereocenters. The summed E-state index contributed by atoms with van der Waals surface area (Å²) in [5, 5.41) is 22.9. The van der Waals surface area contributed by atoms with Crippen molar-refractivity contribution in [1.82, 2.24) is 20.4 Å². The molecule has 0 amide bonds. The molecule has 78 valence electrons. The van der Waals surface area contributed by atoms with Crippen molar-refractivity contribution in [3.63, 3.8) is 0 Å². The number of aromatic nitrogens is 4. The third kappa shape index (κ3) is 2.29. The predicted molar refractivity (Wildman–Crippen MR) is 51.4 cm³/mol. The summed E-state index contributed by atoms with van der Waals surface area (Å²) in [6.07, 6.45) is 0. The molecular weight excluding hydrogens is 196 g/mol. The first-order valence-corrected chi connectivity index (χ1v) is 4.41. The fraction of sp³-hybridized carbons (Fsp3) is 0.222. The molecule has 2 aromatic heterocycles. The van der Waals surface area contributed by atoms with Crippen LogP contribution in [0.15, 0.2) is 18.2 Å². The lowest BCUT2D eigenvalue weighted by molar-refractivity contribution is 0.274. The van der Waals surface area contributed by atoms with E-state index in [1.165, 1.54) is 0 Å². The van der Waals surface area contributed by atoms with Crippen LogP contribution in [0.3, 0.4) is 0 Å². The van der Waals surface area contributed by atoms with Crippen molar-refractivity contribution in [2.24, 2.45) is 0 Å². The molecule has 2 N–H and O–H groups in total. The van der Waals surface area contributed by atoms with Crippen molar-refractivity contribution >= 4 is 0 Å². The second-order valence-electron chi connectivity index (χ2n) is 3.01. The van der Waals surface area contributed by atoms with Gasteiger partial charge < -0.3 is 9.84 Å². The molecule has 2 heterocycles. The number of rotatable bonds is 3. The number of aliphatic hydroxyl groups is 1. The lowest BCUT2D eigenvalue weighted by Gasteiger charge is -1.99. The standard InChI is InChI=1S/C9H10N4O2/c1-6-4-9(13-10-6)15-8-3-2-7(5-14)11-12-8/h2-4,14H,5H2,1H3,(H,10,13). The molecule has 0 bridgehead atoms. The molecule has 2 aromatic rings. The van der Waals surface area contributed by atoms with Crippen LogP contribution in [0.2, 0.25) is 0 Å². The van der Waals surface area contributed by atoms with Gasteiger partial charge in [-0.3, -0.25) is 5.10 Å². The fourth-order valence-corrected chi connectivity index (χ4v) is 1.04. The maximum atomic E-state index is 8.76. The Labute approximate surface area is 85.9 Å². The summed E-state index contributed by atoms with van der Waals surface area (Å²) in [6, 6.07) is 5.02. The first-order valence-electron chi connectivity index (χ1n) is 4.41. The number of hydrogen-bond donors (Lipinski definition) is 2. The number of aliphatic hydroxyl groups excluding tert-OH is 1. The van der Waals surface area contributed by atoms with E-state index in [1.54, 1.807) is 18.2 Å². The van der Waals surface area contributed by atoms with E-state index >= 15 is 0 Å². The molecule has 6 nitrogen and oxygen atoms in total. The van der Waals surface area contributed by atoms with Crippen LogP contribution in [-0.4, -0.2) is 25.5 Å². The second kappa shape index (κ2) is 4.05. The molecule has 0 aliphatic carbocycles. The molecule has 0 aliphatic heterocycles.